The molecule has 7 heteroatoms. The van der Waals surface area contributed by atoms with Gasteiger partial charge in [-0.05, 0) is 17.7 Å². The Bertz CT molecular complexity index is 748. The maximum absolute atomic E-state index is 12.0. The number of esters is 2. The predicted molar refractivity (Wildman–Crippen MR) is 97.0 cm³/mol. The largest absolute Gasteiger partial charge is 0.482 e. The molecule has 0 spiro atoms. The average Bonchev–Trinajstić information content (AvgIpc) is 2.71. The highest BCUT2D eigenvalue weighted by molar-refractivity contribution is 5.86. The number of nitrogens with one attached hydrogen (secondary N) is 1. The van der Waals surface area contributed by atoms with Gasteiger partial charge in [0.15, 0.2) is 13.2 Å². The first-order valence-corrected chi connectivity index (χ1v) is 8.33. The van der Waals surface area contributed by atoms with E-state index in [1.165, 1.54) is 7.11 Å². The predicted octanol–water partition coefficient (Wildman–Crippen LogP) is 1.51. The van der Waals surface area contributed by atoms with Crippen LogP contribution in [0.4, 0.5) is 0 Å². The molecule has 1 atom stereocenters. The number of amides is 1. The second-order valence-corrected chi connectivity index (χ2v) is 5.60. The number of methoxy groups -OCH3 is 1. The fraction of sp³-hybridized carbons (Fsp3) is 0.250. The number of ether oxygens (including phenoxy) is 3. The first-order chi connectivity index (χ1) is 13.1. The summed E-state index contributed by atoms with van der Waals surface area (Å²) in [6, 6.07) is 17.1. The third kappa shape index (κ3) is 7.19. The summed E-state index contributed by atoms with van der Waals surface area (Å²) in [5.41, 5.74) is 0.862. The first kappa shape index (κ1) is 20.0. The Morgan fingerprint density at radius 3 is 2.19 bits per heavy atom. The SMILES string of the molecule is COC(=O)C(Cc1ccccc1)NC(=O)COC(=O)COc1ccccc1. The van der Waals surface area contributed by atoms with Crippen LogP contribution in [0.1, 0.15) is 5.56 Å². The molecule has 0 aliphatic heterocycles. The normalized spacial score (nSPS) is 11.1. The fourth-order valence-electron chi connectivity index (χ4n) is 2.27. The highest BCUT2D eigenvalue weighted by Crippen LogP contribution is 2.08. The van der Waals surface area contributed by atoms with Gasteiger partial charge in [0.2, 0.25) is 0 Å². The van der Waals surface area contributed by atoms with Crippen LogP contribution in [-0.2, 0) is 30.3 Å². The van der Waals surface area contributed by atoms with Gasteiger partial charge >= 0.3 is 11.9 Å². The van der Waals surface area contributed by atoms with Crippen molar-refractivity contribution in [3.63, 3.8) is 0 Å². The highest BCUT2D eigenvalue weighted by Gasteiger charge is 2.22. The molecule has 0 bridgehead atoms. The minimum Gasteiger partial charge on any atom is -0.482 e. The lowest BCUT2D eigenvalue weighted by Crippen LogP contribution is -2.44. The minimum atomic E-state index is -0.871. The molecule has 142 valence electrons. The number of carbonyl (C=O) groups is 3. The maximum Gasteiger partial charge on any atom is 0.344 e. The summed E-state index contributed by atoms with van der Waals surface area (Å²) < 4.78 is 14.8. The molecule has 0 radical (unpaired) electrons. The molecule has 0 saturated carbocycles. The quantitative estimate of drug-likeness (QED) is 0.672. The lowest BCUT2D eigenvalue weighted by molar-refractivity contribution is -0.151. The van der Waals surface area contributed by atoms with Crippen LogP contribution >= 0.6 is 0 Å². The topological polar surface area (TPSA) is 90.9 Å². The third-order valence-corrected chi connectivity index (χ3v) is 3.57. The van der Waals surface area contributed by atoms with Gasteiger partial charge in [-0.1, -0.05) is 48.5 Å². The summed E-state index contributed by atoms with van der Waals surface area (Å²) in [5.74, 6) is -1.35. The Balaban J connectivity index is 1.79. The lowest BCUT2D eigenvalue weighted by Gasteiger charge is -2.16. The van der Waals surface area contributed by atoms with Crippen molar-refractivity contribution in [3.05, 3.63) is 66.2 Å². The van der Waals surface area contributed by atoms with Crippen LogP contribution in [0.25, 0.3) is 0 Å². The van der Waals surface area contributed by atoms with Crippen molar-refractivity contribution in [2.75, 3.05) is 20.3 Å². The molecular formula is C20H21NO6. The van der Waals surface area contributed by atoms with E-state index >= 15 is 0 Å². The van der Waals surface area contributed by atoms with E-state index in [9.17, 15) is 14.4 Å². The van der Waals surface area contributed by atoms with E-state index in [0.29, 0.717) is 5.75 Å². The number of hydrogen-bond donors (Lipinski definition) is 1. The molecule has 1 amide bonds. The van der Waals surface area contributed by atoms with Gasteiger partial charge in [0.1, 0.15) is 11.8 Å². The molecule has 0 saturated heterocycles. The molecule has 1 N–H and O–H groups in total. The molecule has 27 heavy (non-hydrogen) atoms. The van der Waals surface area contributed by atoms with Crippen molar-refractivity contribution in [2.24, 2.45) is 0 Å². The number of hydrogen-bond acceptors (Lipinski definition) is 6. The van der Waals surface area contributed by atoms with E-state index in [1.807, 2.05) is 36.4 Å². The Hall–Kier alpha value is -3.35. The van der Waals surface area contributed by atoms with Crippen molar-refractivity contribution in [3.8, 4) is 5.75 Å². The van der Waals surface area contributed by atoms with Crippen molar-refractivity contribution < 1.29 is 28.6 Å². The molecular weight excluding hydrogens is 350 g/mol. The zero-order valence-electron chi connectivity index (χ0n) is 14.9. The van der Waals surface area contributed by atoms with E-state index in [2.05, 4.69) is 5.32 Å². The van der Waals surface area contributed by atoms with Crippen molar-refractivity contribution >= 4 is 17.8 Å². The highest BCUT2D eigenvalue weighted by atomic mass is 16.6. The molecule has 0 aliphatic carbocycles. The molecule has 0 heterocycles. The van der Waals surface area contributed by atoms with Crippen LogP contribution in [0, 0.1) is 0 Å². The molecule has 0 aliphatic rings. The van der Waals surface area contributed by atoms with Crippen molar-refractivity contribution in [1.29, 1.82) is 0 Å². The van der Waals surface area contributed by atoms with Crippen LogP contribution in [0.2, 0.25) is 0 Å². The second kappa shape index (κ2) is 10.6. The average molecular weight is 371 g/mol. The lowest BCUT2D eigenvalue weighted by atomic mass is 10.1. The fourth-order valence-corrected chi connectivity index (χ4v) is 2.27. The van der Waals surface area contributed by atoms with E-state index < -0.39 is 30.5 Å². The standard InChI is InChI=1S/C20H21NO6/c1-25-20(24)17(12-15-8-4-2-5-9-15)21-18(22)13-27-19(23)14-26-16-10-6-3-7-11-16/h2-11,17H,12-14H2,1H3,(H,21,22). The Morgan fingerprint density at radius 1 is 0.926 bits per heavy atom. The van der Waals surface area contributed by atoms with E-state index in [1.54, 1.807) is 24.3 Å². The molecule has 2 aromatic rings. The van der Waals surface area contributed by atoms with Gasteiger partial charge in [0, 0.05) is 6.42 Å². The van der Waals surface area contributed by atoms with Gasteiger partial charge < -0.3 is 19.5 Å². The van der Waals surface area contributed by atoms with Crippen LogP contribution < -0.4 is 10.1 Å². The second-order valence-electron chi connectivity index (χ2n) is 5.60. The monoisotopic (exact) mass is 371 g/mol. The number of para-hydroxylation sites is 1. The van der Waals surface area contributed by atoms with Gasteiger partial charge in [-0.15, -0.1) is 0 Å². The van der Waals surface area contributed by atoms with Gasteiger partial charge in [-0.3, -0.25) is 4.79 Å². The van der Waals surface area contributed by atoms with Gasteiger partial charge in [0.05, 0.1) is 7.11 Å². The molecule has 2 aromatic carbocycles. The van der Waals surface area contributed by atoms with Crippen LogP contribution in [-0.4, -0.2) is 44.2 Å². The minimum absolute atomic E-state index is 0.268. The van der Waals surface area contributed by atoms with Crippen molar-refractivity contribution in [2.45, 2.75) is 12.5 Å². The molecule has 2 rings (SSSR count). The number of benzene rings is 2. The summed E-state index contributed by atoms with van der Waals surface area (Å²) in [7, 11) is 1.24. The summed E-state index contributed by atoms with van der Waals surface area (Å²) in [6.45, 7) is -0.832. The summed E-state index contributed by atoms with van der Waals surface area (Å²) in [6.07, 6.45) is 0.268. The summed E-state index contributed by atoms with van der Waals surface area (Å²) >= 11 is 0. The number of carbonyl (C=O) groups excluding carboxylic acids is 3. The van der Waals surface area contributed by atoms with Gasteiger partial charge in [-0.25, -0.2) is 9.59 Å². The molecule has 1 unspecified atom stereocenters. The van der Waals surface area contributed by atoms with E-state index in [4.69, 9.17) is 14.2 Å². The van der Waals surface area contributed by atoms with E-state index in [-0.39, 0.29) is 13.0 Å². The third-order valence-electron chi connectivity index (χ3n) is 3.57. The van der Waals surface area contributed by atoms with Crippen LogP contribution in [0.5, 0.6) is 5.75 Å². The zero-order chi connectivity index (χ0) is 19.5. The summed E-state index contributed by atoms with van der Waals surface area (Å²) in [5, 5.41) is 2.51. The maximum atomic E-state index is 12.0. The Morgan fingerprint density at radius 2 is 1.56 bits per heavy atom. The Kier molecular flexibility index (Phi) is 7.84. The smallest absolute Gasteiger partial charge is 0.344 e. The molecule has 0 fully saturated rings. The van der Waals surface area contributed by atoms with Gasteiger partial charge in [-0.2, -0.15) is 0 Å². The van der Waals surface area contributed by atoms with Gasteiger partial charge in [0.25, 0.3) is 5.91 Å². The van der Waals surface area contributed by atoms with Crippen LogP contribution in [0.3, 0.4) is 0 Å². The zero-order valence-corrected chi connectivity index (χ0v) is 14.9. The number of rotatable bonds is 9. The summed E-state index contributed by atoms with van der Waals surface area (Å²) in [4.78, 5) is 35.6. The van der Waals surface area contributed by atoms with Crippen LogP contribution in [0.15, 0.2) is 60.7 Å². The molecule has 7 nitrogen and oxygen atoms in total. The van der Waals surface area contributed by atoms with Crippen molar-refractivity contribution in [1.82, 2.24) is 5.32 Å². The van der Waals surface area contributed by atoms with E-state index in [0.717, 1.165) is 5.56 Å². The first-order valence-electron chi connectivity index (χ1n) is 8.33. The molecule has 0 aromatic heterocycles. The Labute approximate surface area is 157 Å².